The van der Waals surface area contributed by atoms with Gasteiger partial charge in [0.05, 0.1) is 34.0 Å². The molecule has 0 fully saturated rings. The fourth-order valence-corrected chi connectivity index (χ4v) is 5.27. The molecule has 0 unspecified atom stereocenters. The van der Waals surface area contributed by atoms with Crippen LogP contribution in [0.2, 0.25) is 5.02 Å². The molecule has 4 rings (SSSR count). The second-order valence-corrected chi connectivity index (χ2v) is 11.5. The highest BCUT2D eigenvalue weighted by atomic mass is 35.5. The number of carbonyl (C=O) groups is 3. The summed E-state index contributed by atoms with van der Waals surface area (Å²) in [6.07, 6.45) is -0.788. The van der Waals surface area contributed by atoms with E-state index in [4.69, 9.17) is 35.0 Å². The summed E-state index contributed by atoms with van der Waals surface area (Å²) in [5.41, 5.74) is 1.30. The van der Waals surface area contributed by atoms with E-state index < -0.39 is 35.4 Å². The number of hydrogen-bond acceptors (Lipinski definition) is 9. The molecular formula is C32H37ClN2O9. The van der Waals surface area contributed by atoms with Gasteiger partial charge in [0, 0.05) is 53.4 Å². The van der Waals surface area contributed by atoms with Gasteiger partial charge in [-0.25, -0.2) is 4.79 Å². The molecule has 0 spiro atoms. The molecule has 1 aliphatic rings. The summed E-state index contributed by atoms with van der Waals surface area (Å²) in [4.78, 5) is 40.9. The van der Waals surface area contributed by atoms with Crippen molar-refractivity contribution in [2.45, 2.75) is 38.9 Å². The van der Waals surface area contributed by atoms with Gasteiger partial charge < -0.3 is 38.7 Å². The van der Waals surface area contributed by atoms with E-state index in [9.17, 15) is 19.5 Å². The topological polar surface area (TPSA) is 137 Å². The average molecular weight is 629 g/mol. The van der Waals surface area contributed by atoms with E-state index in [2.05, 4.69) is 5.32 Å². The molecule has 0 bridgehead atoms. The van der Waals surface area contributed by atoms with Crippen LogP contribution in [0.5, 0.6) is 11.5 Å². The number of methoxy groups -OCH3 is 3. The van der Waals surface area contributed by atoms with Gasteiger partial charge in [0.15, 0.2) is 11.5 Å². The van der Waals surface area contributed by atoms with Crippen molar-refractivity contribution >= 4 is 35.1 Å². The van der Waals surface area contributed by atoms with Crippen molar-refractivity contribution in [2.75, 3.05) is 45.9 Å². The maximum atomic E-state index is 14.2. The number of hydrogen-bond donors (Lipinski definition) is 2. The van der Waals surface area contributed by atoms with Crippen LogP contribution in [0.3, 0.4) is 0 Å². The number of halogens is 1. The van der Waals surface area contributed by atoms with Crippen LogP contribution < -0.4 is 19.7 Å². The first kappa shape index (κ1) is 32.8. The van der Waals surface area contributed by atoms with E-state index in [1.807, 2.05) is 13.8 Å². The van der Waals surface area contributed by atoms with Crippen molar-refractivity contribution in [3.05, 3.63) is 76.2 Å². The van der Waals surface area contributed by atoms with Gasteiger partial charge in [-0.2, -0.15) is 0 Å². The zero-order valence-electron chi connectivity index (χ0n) is 25.3. The minimum absolute atomic E-state index is 0.140. The van der Waals surface area contributed by atoms with Gasteiger partial charge in [-0.05, 0) is 30.3 Å². The normalized spacial score (nSPS) is 16.6. The van der Waals surface area contributed by atoms with Gasteiger partial charge in [-0.3, -0.25) is 9.59 Å². The zero-order valence-corrected chi connectivity index (χ0v) is 26.1. The van der Waals surface area contributed by atoms with E-state index in [1.54, 1.807) is 36.4 Å². The molecule has 0 aliphatic carbocycles. The van der Waals surface area contributed by atoms with Crippen molar-refractivity contribution in [3.8, 4) is 11.5 Å². The first-order valence-electron chi connectivity index (χ1n) is 14.0. The van der Waals surface area contributed by atoms with Gasteiger partial charge in [-0.1, -0.05) is 37.6 Å². The summed E-state index contributed by atoms with van der Waals surface area (Å²) in [5.74, 6) is -0.198. The molecule has 44 heavy (non-hydrogen) atoms. The highest BCUT2D eigenvalue weighted by Gasteiger charge is 2.40. The molecule has 12 heteroatoms. The lowest BCUT2D eigenvalue weighted by Crippen LogP contribution is -2.46. The molecule has 2 aromatic carbocycles. The first-order chi connectivity index (χ1) is 21.0. The van der Waals surface area contributed by atoms with Crippen molar-refractivity contribution in [1.82, 2.24) is 5.32 Å². The molecular weight excluding hydrogens is 592 g/mol. The smallest absolute Gasteiger partial charge is 0.341 e. The van der Waals surface area contributed by atoms with Gasteiger partial charge >= 0.3 is 5.97 Å². The van der Waals surface area contributed by atoms with Crippen LogP contribution in [-0.2, 0) is 25.5 Å². The van der Waals surface area contributed by atoms with E-state index in [1.165, 1.54) is 38.6 Å². The Labute approximate surface area is 261 Å². The second kappa shape index (κ2) is 14.1. The van der Waals surface area contributed by atoms with Crippen molar-refractivity contribution < 1.29 is 42.9 Å². The number of rotatable bonds is 12. The Bertz CT molecular complexity index is 1500. The van der Waals surface area contributed by atoms with Gasteiger partial charge in [0.2, 0.25) is 5.91 Å². The standard InChI is InChI=1S/C32H37ClN2O9/c1-32(2,18-36)17-35-23-10-9-19(33)15-22(23)28(21-7-6-8-25(40-3)29(21)41-4)44-26(30(35)38)16-27(37)34-13-11-24-20(12-14-43-24)31(39)42-5/h6-10,12,14-15,26,28,36H,11,13,16-18H2,1-5H3,(H,34,37)/t26-,28-/m1/s1. The number of furan rings is 1. The van der Waals surface area contributed by atoms with Crippen LogP contribution in [0.15, 0.2) is 53.1 Å². The number of nitrogens with zero attached hydrogens (tertiary/aromatic N) is 1. The Balaban J connectivity index is 1.68. The SMILES string of the molecule is COC(=O)c1ccoc1CCNC(=O)C[C@H]1O[C@H](c2cccc(OC)c2OC)c2cc(Cl)ccc2N(CC(C)(C)CO)C1=O. The minimum Gasteiger partial charge on any atom is -0.493 e. The predicted molar refractivity (Wildman–Crippen MR) is 162 cm³/mol. The van der Waals surface area contributed by atoms with E-state index >= 15 is 0 Å². The summed E-state index contributed by atoms with van der Waals surface area (Å²) >= 11 is 6.46. The van der Waals surface area contributed by atoms with Crippen LogP contribution in [0.25, 0.3) is 0 Å². The highest BCUT2D eigenvalue weighted by molar-refractivity contribution is 6.30. The summed E-state index contributed by atoms with van der Waals surface area (Å²) in [5, 5.41) is 13.3. The number of ether oxygens (including phenoxy) is 4. The monoisotopic (exact) mass is 628 g/mol. The molecule has 2 atom stereocenters. The zero-order chi connectivity index (χ0) is 32.0. The Kier molecular flexibility index (Phi) is 10.6. The van der Waals surface area contributed by atoms with Crippen LogP contribution in [0.4, 0.5) is 5.69 Å². The molecule has 0 saturated carbocycles. The van der Waals surface area contributed by atoms with Crippen LogP contribution in [0, 0.1) is 5.41 Å². The van der Waals surface area contributed by atoms with Gasteiger partial charge in [-0.15, -0.1) is 0 Å². The van der Waals surface area contributed by atoms with Gasteiger partial charge in [0.25, 0.3) is 5.91 Å². The molecule has 0 saturated heterocycles. The summed E-state index contributed by atoms with van der Waals surface area (Å²) in [6, 6.07) is 12.0. The molecule has 11 nitrogen and oxygen atoms in total. The number of nitrogens with one attached hydrogen (secondary N) is 1. The van der Waals surface area contributed by atoms with Crippen molar-refractivity contribution in [1.29, 1.82) is 0 Å². The molecule has 1 aromatic heterocycles. The molecule has 236 valence electrons. The van der Waals surface area contributed by atoms with Crippen LogP contribution in [0.1, 0.15) is 53.6 Å². The molecule has 0 radical (unpaired) electrons. The summed E-state index contributed by atoms with van der Waals surface area (Å²) in [7, 11) is 4.30. The maximum Gasteiger partial charge on any atom is 0.341 e. The van der Waals surface area contributed by atoms with Crippen LogP contribution in [-0.4, -0.2) is 70.0 Å². The Morgan fingerprint density at radius 3 is 2.55 bits per heavy atom. The Morgan fingerprint density at radius 1 is 1.09 bits per heavy atom. The molecule has 2 amide bonds. The molecule has 3 aromatic rings. The van der Waals surface area contributed by atoms with E-state index in [0.717, 1.165) is 0 Å². The van der Waals surface area contributed by atoms with Crippen molar-refractivity contribution in [2.24, 2.45) is 5.41 Å². The quantitative estimate of drug-likeness (QED) is 0.281. The third kappa shape index (κ3) is 7.18. The number of aliphatic hydroxyl groups excluding tert-OH is 1. The Morgan fingerprint density at radius 2 is 1.86 bits per heavy atom. The fourth-order valence-electron chi connectivity index (χ4n) is 5.09. The first-order valence-corrected chi connectivity index (χ1v) is 14.4. The third-order valence-corrected chi connectivity index (χ3v) is 7.57. The number of anilines is 1. The Hall–Kier alpha value is -4.06. The number of benzene rings is 2. The predicted octanol–water partition coefficient (Wildman–Crippen LogP) is 4.33. The van der Waals surface area contributed by atoms with Gasteiger partial charge in [0.1, 0.15) is 23.5 Å². The average Bonchev–Trinajstić information content (AvgIpc) is 3.45. The molecule has 1 aliphatic heterocycles. The van der Waals surface area contributed by atoms with Crippen molar-refractivity contribution in [3.63, 3.8) is 0 Å². The minimum atomic E-state index is -1.22. The lowest BCUT2D eigenvalue weighted by molar-refractivity contribution is -0.138. The molecule has 2 N–H and O–H groups in total. The molecule has 2 heterocycles. The largest absolute Gasteiger partial charge is 0.493 e. The second-order valence-electron chi connectivity index (χ2n) is 11.1. The lowest BCUT2D eigenvalue weighted by atomic mass is 9.92. The fraction of sp³-hybridized carbons (Fsp3) is 0.406. The lowest BCUT2D eigenvalue weighted by Gasteiger charge is -2.32. The van der Waals surface area contributed by atoms with E-state index in [0.29, 0.717) is 39.1 Å². The number of para-hydroxylation sites is 1. The number of amides is 2. The number of carbonyl (C=O) groups excluding carboxylic acids is 3. The number of aliphatic hydroxyl groups is 1. The highest BCUT2D eigenvalue weighted by Crippen LogP contribution is 2.45. The summed E-state index contributed by atoms with van der Waals surface area (Å²) < 4.78 is 27.9. The van der Waals surface area contributed by atoms with Crippen LogP contribution >= 0.6 is 11.6 Å². The maximum absolute atomic E-state index is 14.2. The number of esters is 1. The summed E-state index contributed by atoms with van der Waals surface area (Å²) in [6.45, 7) is 3.78. The van der Waals surface area contributed by atoms with E-state index in [-0.39, 0.29) is 38.1 Å². The number of fused-ring (bicyclic) bond motifs is 1. The third-order valence-electron chi connectivity index (χ3n) is 7.33.